The Labute approximate surface area is 96.4 Å². The first kappa shape index (κ1) is 11.4. The van der Waals surface area contributed by atoms with Gasteiger partial charge in [0.05, 0.1) is 0 Å². The normalized spacial score (nSPS) is 23.4. The fourth-order valence-electron chi connectivity index (χ4n) is 2.20. The van der Waals surface area contributed by atoms with Crippen LogP contribution in [0.5, 0.6) is 0 Å². The van der Waals surface area contributed by atoms with Gasteiger partial charge in [0, 0.05) is 30.5 Å². The number of carbonyl (C=O) groups is 2. The number of hydrogen-bond donors (Lipinski definition) is 1. The zero-order valence-electron chi connectivity index (χ0n) is 10.3. The first-order valence-electron chi connectivity index (χ1n) is 5.93. The lowest BCUT2D eigenvalue weighted by Crippen LogP contribution is -2.53. The van der Waals surface area contributed by atoms with E-state index in [4.69, 9.17) is 0 Å². The topological polar surface area (TPSA) is 49.4 Å². The van der Waals surface area contributed by atoms with Crippen LogP contribution in [0.15, 0.2) is 0 Å². The third kappa shape index (κ3) is 2.20. The maximum atomic E-state index is 11.9. The van der Waals surface area contributed by atoms with Crippen molar-refractivity contribution in [3.63, 3.8) is 0 Å². The number of piperidine rings is 1. The lowest BCUT2D eigenvalue weighted by Gasteiger charge is -2.34. The van der Waals surface area contributed by atoms with Crippen molar-refractivity contribution in [2.24, 2.45) is 5.41 Å². The lowest BCUT2D eigenvalue weighted by atomic mass is 9.93. The summed E-state index contributed by atoms with van der Waals surface area (Å²) < 4.78 is 0. The van der Waals surface area contributed by atoms with Crippen molar-refractivity contribution in [3.8, 4) is 0 Å². The molecule has 2 rings (SSSR count). The molecule has 1 heterocycles. The maximum absolute atomic E-state index is 11.9. The highest BCUT2D eigenvalue weighted by molar-refractivity contribution is 5.90. The zero-order chi connectivity index (χ0) is 12.0. The number of carbonyl (C=O) groups excluding carboxylic acids is 2. The van der Waals surface area contributed by atoms with Crippen LogP contribution in [0.4, 0.5) is 4.79 Å². The molecule has 0 aromatic carbocycles. The molecule has 0 radical (unpaired) electrons. The molecule has 4 nitrogen and oxygen atoms in total. The van der Waals surface area contributed by atoms with E-state index in [1.54, 1.807) is 4.90 Å². The van der Waals surface area contributed by atoms with Gasteiger partial charge in [0.15, 0.2) is 0 Å². The van der Waals surface area contributed by atoms with Crippen molar-refractivity contribution < 1.29 is 9.59 Å². The van der Waals surface area contributed by atoms with Crippen LogP contribution in [0.25, 0.3) is 0 Å². The van der Waals surface area contributed by atoms with E-state index in [1.165, 1.54) is 0 Å². The molecule has 4 heteroatoms. The molecule has 2 fully saturated rings. The second-order valence-corrected chi connectivity index (χ2v) is 6.06. The number of likely N-dealkylation sites (tertiary alicyclic amines) is 1. The molecule has 90 valence electrons. The molecule has 1 saturated carbocycles. The van der Waals surface area contributed by atoms with Crippen molar-refractivity contribution in [1.82, 2.24) is 10.2 Å². The van der Waals surface area contributed by atoms with E-state index >= 15 is 0 Å². The van der Waals surface area contributed by atoms with Crippen molar-refractivity contribution in [2.75, 3.05) is 13.1 Å². The van der Waals surface area contributed by atoms with Crippen LogP contribution < -0.4 is 5.32 Å². The highest BCUT2D eigenvalue weighted by Crippen LogP contribution is 2.49. The number of hydrogen-bond acceptors (Lipinski definition) is 2. The Balaban J connectivity index is 1.96. The summed E-state index contributed by atoms with van der Waals surface area (Å²) in [6.45, 7) is 7.09. The van der Waals surface area contributed by atoms with Crippen molar-refractivity contribution in [1.29, 1.82) is 0 Å². The minimum absolute atomic E-state index is 0.0359. The highest BCUT2D eigenvalue weighted by Gasteiger charge is 2.53. The van der Waals surface area contributed by atoms with Gasteiger partial charge in [-0.05, 0) is 33.6 Å². The first-order valence-corrected chi connectivity index (χ1v) is 5.93. The smallest absolute Gasteiger partial charge is 0.317 e. The van der Waals surface area contributed by atoms with Gasteiger partial charge in [-0.15, -0.1) is 0 Å². The van der Waals surface area contributed by atoms with Crippen molar-refractivity contribution >= 4 is 11.8 Å². The Kier molecular flexibility index (Phi) is 2.48. The van der Waals surface area contributed by atoms with Gasteiger partial charge in [-0.3, -0.25) is 4.79 Å². The van der Waals surface area contributed by atoms with Gasteiger partial charge in [-0.1, -0.05) is 0 Å². The number of Topliss-reactive ketones (excluding diaryl/α,β-unsaturated/α-hetero) is 1. The summed E-state index contributed by atoms with van der Waals surface area (Å²) in [7, 11) is 0. The van der Waals surface area contributed by atoms with Crippen LogP contribution in [0.2, 0.25) is 0 Å². The zero-order valence-corrected chi connectivity index (χ0v) is 10.3. The molecule has 1 N–H and O–H groups in total. The standard InChI is InChI=1S/C12H20N2O2/c1-11(2,3)13-10(16)14-7-4-9(15)12(8-14)5-6-12/h4-8H2,1-3H3,(H,13,16). The number of urea groups is 1. The first-order chi connectivity index (χ1) is 7.32. The monoisotopic (exact) mass is 224 g/mol. The van der Waals surface area contributed by atoms with Crippen LogP contribution in [-0.2, 0) is 4.79 Å². The SMILES string of the molecule is CC(C)(C)NC(=O)N1CCC(=O)C2(CC2)C1. The van der Waals surface area contributed by atoms with Gasteiger partial charge in [-0.2, -0.15) is 0 Å². The number of amides is 2. The molecule has 0 unspecified atom stereocenters. The number of ketones is 1. The van der Waals surface area contributed by atoms with E-state index in [-0.39, 0.29) is 17.0 Å². The lowest BCUT2D eigenvalue weighted by molar-refractivity contribution is -0.127. The Morgan fingerprint density at radius 3 is 2.50 bits per heavy atom. The molecule has 0 aromatic heterocycles. The van der Waals surface area contributed by atoms with E-state index in [0.29, 0.717) is 25.3 Å². The number of rotatable bonds is 0. The number of nitrogens with zero attached hydrogens (tertiary/aromatic N) is 1. The van der Waals surface area contributed by atoms with Crippen molar-refractivity contribution in [2.45, 2.75) is 45.6 Å². The Morgan fingerprint density at radius 2 is 2.00 bits per heavy atom. The third-order valence-corrected chi connectivity index (χ3v) is 3.32. The van der Waals surface area contributed by atoms with E-state index in [2.05, 4.69) is 5.32 Å². The molecular weight excluding hydrogens is 204 g/mol. The van der Waals surface area contributed by atoms with Crippen LogP contribution in [0.1, 0.15) is 40.0 Å². The summed E-state index contributed by atoms with van der Waals surface area (Å²) in [6, 6.07) is -0.0359. The summed E-state index contributed by atoms with van der Waals surface area (Å²) in [5.74, 6) is 0.354. The fraction of sp³-hybridized carbons (Fsp3) is 0.833. The quantitative estimate of drug-likeness (QED) is 0.678. The predicted octanol–water partition coefficient (Wildman–Crippen LogP) is 1.55. The summed E-state index contributed by atoms with van der Waals surface area (Å²) in [5, 5.41) is 2.94. The van der Waals surface area contributed by atoms with E-state index in [9.17, 15) is 9.59 Å². The van der Waals surface area contributed by atoms with Gasteiger partial charge in [-0.25, -0.2) is 4.79 Å². The molecule has 1 saturated heterocycles. The molecule has 1 aliphatic carbocycles. The van der Waals surface area contributed by atoms with Gasteiger partial charge in [0.2, 0.25) is 0 Å². The fourth-order valence-corrected chi connectivity index (χ4v) is 2.20. The largest absolute Gasteiger partial charge is 0.333 e. The molecule has 0 atom stereocenters. The molecular formula is C12H20N2O2. The minimum Gasteiger partial charge on any atom is -0.333 e. The summed E-state index contributed by atoms with van der Waals surface area (Å²) in [4.78, 5) is 25.4. The second kappa shape index (κ2) is 3.47. The van der Waals surface area contributed by atoms with Gasteiger partial charge >= 0.3 is 6.03 Å². The van der Waals surface area contributed by atoms with Crippen LogP contribution in [-0.4, -0.2) is 35.3 Å². The van der Waals surface area contributed by atoms with Gasteiger partial charge < -0.3 is 10.2 Å². The second-order valence-electron chi connectivity index (χ2n) is 6.06. The summed E-state index contributed by atoms with van der Waals surface area (Å²) in [5.41, 5.74) is -0.372. The highest BCUT2D eigenvalue weighted by atomic mass is 16.2. The Bertz CT molecular complexity index is 326. The van der Waals surface area contributed by atoms with E-state index in [0.717, 1.165) is 12.8 Å². The molecule has 0 aromatic rings. The maximum Gasteiger partial charge on any atom is 0.317 e. The molecule has 1 spiro atoms. The minimum atomic E-state index is -0.213. The van der Waals surface area contributed by atoms with Crippen LogP contribution >= 0.6 is 0 Å². The molecule has 0 bridgehead atoms. The summed E-state index contributed by atoms with van der Waals surface area (Å²) >= 11 is 0. The van der Waals surface area contributed by atoms with Crippen LogP contribution in [0.3, 0.4) is 0 Å². The van der Waals surface area contributed by atoms with Gasteiger partial charge in [0.1, 0.15) is 5.78 Å². The Hall–Kier alpha value is -1.06. The molecule has 2 amide bonds. The molecule has 2 aliphatic rings. The molecule has 1 aliphatic heterocycles. The third-order valence-electron chi connectivity index (χ3n) is 3.32. The number of nitrogens with one attached hydrogen (secondary N) is 1. The average Bonchev–Trinajstić information content (AvgIpc) is 2.88. The Morgan fingerprint density at radius 1 is 1.38 bits per heavy atom. The molecule has 16 heavy (non-hydrogen) atoms. The average molecular weight is 224 g/mol. The van der Waals surface area contributed by atoms with E-state index in [1.807, 2.05) is 20.8 Å². The summed E-state index contributed by atoms with van der Waals surface area (Å²) in [6.07, 6.45) is 2.45. The van der Waals surface area contributed by atoms with Crippen LogP contribution in [0, 0.1) is 5.41 Å². The van der Waals surface area contributed by atoms with Gasteiger partial charge in [0.25, 0.3) is 0 Å². The van der Waals surface area contributed by atoms with E-state index < -0.39 is 0 Å². The van der Waals surface area contributed by atoms with Crippen molar-refractivity contribution in [3.05, 3.63) is 0 Å². The predicted molar refractivity (Wildman–Crippen MR) is 61.1 cm³/mol.